The van der Waals surface area contributed by atoms with Crippen LogP contribution in [0, 0.1) is 5.82 Å². The number of carbonyl (C=O) groups excluding carboxylic acids is 2. The first-order valence-electron chi connectivity index (χ1n) is 14.0. The van der Waals surface area contributed by atoms with Crippen molar-refractivity contribution >= 4 is 56.6 Å². The zero-order valence-corrected chi connectivity index (χ0v) is 27.5. The smallest absolute Gasteiger partial charge is 0.264 e. The first-order valence-corrected chi connectivity index (χ1v) is 16.7. The summed E-state index contributed by atoms with van der Waals surface area (Å²) in [6.45, 7) is 1.30. The molecule has 240 valence electrons. The second kappa shape index (κ2) is 13.9. The van der Waals surface area contributed by atoms with E-state index in [-0.39, 0.29) is 28.6 Å². The Morgan fingerprint density at radius 1 is 0.957 bits per heavy atom. The number of sulfonamides is 1. The maximum Gasteiger partial charge on any atom is 0.264 e. The van der Waals surface area contributed by atoms with Gasteiger partial charge in [0.15, 0.2) is 0 Å². The van der Waals surface area contributed by atoms with Crippen LogP contribution < -0.4 is 14.2 Å². The highest BCUT2D eigenvalue weighted by atomic mass is 35.5. The minimum absolute atomic E-state index is 0.00830. The summed E-state index contributed by atoms with van der Waals surface area (Å²) in [4.78, 5) is 27.8. The fourth-order valence-corrected chi connectivity index (χ4v) is 6.45. The van der Waals surface area contributed by atoms with E-state index in [0.717, 1.165) is 5.56 Å². The summed E-state index contributed by atoms with van der Waals surface area (Å²) in [5.41, 5.74) is 1.03. The highest BCUT2D eigenvalue weighted by Gasteiger charge is 2.36. The number of nitrogens with zero attached hydrogens (tertiary/aromatic N) is 1. The number of hydrogen-bond acceptors (Lipinski definition) is 6. The average molecular weight is 706 g/mol. The number of hydrogen-bond donors (Lipinski definition) is 1. The number of halogens is 4. The minimum atomic E-state index is -4.22. The van der Waals surface area contributed by atoms with Crippen molar-refractivity contribution in [3.63, 3.8) is 0 Å². The Morgan fingerprint density at radius 3 is 2.30 bits per heavy atom. The van der Waals surface area contributed by atoms with Crippen LogP contribution in [-0.2, 0) is 27.7 Å². The molecule has 1 N–H and O–H groups in total. The van der Waals surface area contributed by atoms with Gasteiger partial charge in [-0.3, -0.25) is 9.59 Å². The molecule has 0 saturated carbocycles. The molecule has 46 heavy (non-hydrogen) atoms. The van der Waals surface area contributed by atoms with Gasteiger partial charge >= 0.3 is 0 Å². The van der Waals surface area contributed by atoms with Crippen LogP contribution >= 0.6 is 34.8 Å². The normalized spacial score (nSPS) is 15.5. The lowest BCUT2D eigenvalue weighted by Gasteiger charge is -2.24. The molecule has 0 bridgehead atoms. The SMILES string of the molecule is CC1(Cc2ccc(Cl)c(F)c2)Cc2cc(C(=O)N(CCOc3ccc(Cl)cc3)CC(=O)NS(=O)(=O)c3ccc(Cl)cc3)ccc2O1. The summed E-state index contributed by atoms with van der Waals surface area (Å²) in [5, 5.41) is 0.897. The predicted molar refractivity (Wildman–Crippen MR) is 174 cm³/mol. The van der Waals surface area contributed by atoms with E-state index in [4.69, 9.17) is 44.3 Å². The first kappa shape index (κ1) is 33.5. The predicted octanol–water partition coefficient (Wildman–Crippen LogP) is 6.75. The molecule has 0 saturated heterocycles. The molecule has 1 aliphatic rings. The molecule has 0 aliphatic carbocycles. The quantitative estimate of drug-likeness (QED) is 0.185. The van der Waals surface area contributed by atoms with Gasteiger partial charge in [-0.15, -0.1) is 0 Å². The van der Waals surface area contributed by atoms with Crippen LogP contribution in [0.15, 0.2) is 89.8 Å². The van der Waals surface area contributed by atoms with E-state index in [2.05, 4.69) is 0 Å². The Bertz CT molecular complexity index is 1870. The third-order valence-electron chi connectivity index (χ3n) is 7.23. The molecular formula is C33H28Cl3FN2O6S. The summed E-state index contributed by atoms with van der Waals surface area (Å²) in [5.74, 6) is -0.868. The van der Waals surface area contributed by atoms with Crippen LogP contribution in [0.5, 0.6) is 11.5 Å². The monoisotopic (exact) mass is 704 g/mol. The van der Waals surface area contributed by atoms with Gasteiger partial charge in [0, 0.05) is 28.5 Å². The molecule has 0 aromatic heterocycles. The van der Waals surface area contributed by atoms with Crippen molar-refractivity contribution in [3.8, 4) is 11.5 Å². The zero-order valence-electron chi connectivity index (χ0n) is 24.4. The van der Waals surface area contributed by atoms with E-state index in [0.29, 0.717) is 39.9 Å². The Hall–Kier alpha value is -3.83. The van der Waals surface area contributed by atoms with Crippen molar-refractivity contribution in [2.24, 2.45) is 0 Å². The molecule has 1 aliphatic heterocycles. The molecule has 8 nitrogen and oxygen atoms in total. The number of carbonyl (C=O) groups is 2. The van der Waals surface area contributed by atoms with E-state index in [1.165, 1.54) is 41.3 Å². The lowest BCUT2D eigenvalue weighted by atomic mass is 9.91. The maximum atomic E-state index is 14.0. The maximum absolute atomic E-state index is 14.0. The third-order valence-corrected chi connectivity index (χ3v) is 9.43. The molecule has 0 radical (unpaired) electrons. The lowest BCUT2D eigenvalue weighted by molar-refractivity contribution is -0.120. The van der Waals surface area contributed by atoms with Gasteiger partial charge in [0.1, 0.15) is 36.1 Å². The molecule has 1 unspecified atom stereocenters. The van der Waals surface area contributed by atoms with Crippen LogP contribution in [0.3, 0.4) is 0 Å². The van der Waals surface area contributed by atoms with Gasteiger partial charge in [-0.25, -0.2) is 17.5 Å². The van der Waals surface area contributed by atoms with Crippen molar-refractivity contribution in [1.82, 2.24) is 9.62 Å². The van der Waals surface area contributed by atoms with Gasteiger partial charge < -0.3 is 14.4 Å². The van der Waals surface area contributed by atoms with E-state index in [9.17, 15) is 22.4 Å². The Kier molecular flexibility index (Phi) is 10.1. The van der Waals surface area contributed by atoms with Crippen molar-refractivity contribution < 1.29 is 31.9 Å². The minimum Gasteiger partial charge on any atom is -0.492 e. The number of amides is 2. The van der Waals surface area contributed by atoms with Gasteiger partial charge in [0.25, 0.3) is 21.8 Å². The van der Waals surface area contributed by atoms with Gasteiger partial charge in [-0.05, 0) is 96.9 Å². The highest BCUT2D eigenvalue weighted by molar-refractivity contribution is 7.90. The zero-order chi connectivity index (χ0) is 33.1. The molecule has 4 aromatic carbocycles. The number of fused-ring (bicyclic) bond motifs is 1. The second-order valence-electron chi connectivity index (χ2n) is 11.0. The van der Waals surface area contributed by atoms with Crippen molar-refractivity contribution in [1.29, 1.82) is 0 Å². The van der Waals surface area contributed by atoms with Gasteiger partial charge in [0.05, 0.1) is 16.5 Å². The summed E-state index contributed by atoms with van der Waals surface area (Å²) < 4.78 is 53.6. The topological polar surface area (TPSA) is 102 Å². The van der Waals surface area contributed by atoms with Crippen LogP contribution in [0.1, 0.15) is 28.4 Å². The van der Waals surface area contributed by atoms with Gasteiger partial charge in [-0.2, -0.15) is 0 Å². The van der Waals surface area contributed by atoms with Crippen LogP contribution in [0.4, 0.5) is 4.39 Å². The molecule has 0 fully saturated rings. The average Bonchev–Trinajstić information content (AvgIpc) is 3.34. The van der Waals surface area contributed by atoms with Crippen molar-refractivity contribution in [3.05, 3.63) is 123 Å². The van der Waals surface area contributed by atoms with E-state index >= 15 is 0 Å². The van der Waals surface area contributed by atoms with E-state index < -0.39 is 39.8 Å². The summed E-state index contributed by atoms with van der Waals surface area (Å²) in [7, 11) is -4.22. The third kappa shape index (κ3) is 8.30. The molecule has 1 atom stereocenters. The molecule has 2 amide bonds. The van der Waals surface area contributed by atoms with Crippen LogP contribution in [-0.4, -0.2) is 50.4 Å². The summed E-state index contributed by atoms with van der Waals surface area (Å²) >= 11 is 17.6. The summed E-state index contributed by atoms with van der Waals surface area (Å²) in [6.07, 6.45) is 0.836. The molecule has 0 spiro atoms. The fraction of sp³-hybridized carbons (Fsp3) is 0.212. The fourth-order valence-electron chi connectivity index (χ4n) is 5.10. The molecule has 4 aromatic rings. The number of nitrogens with one attached hydrogen (secondary N) is 1. The molecule has 13 heteroatoms. The largest absolute Gasteiger partial charge is 0.492 e. The van der Waals surface area contributed by atoms with Gasteiger partial charge in [-0.1, -0.05) is 40.9 Å². The van der Waals surface area contributed by atoms with Crippen molar-refractivity contribution in [2.45, 2.75) is 30.3 Å². The standard InChI is InChI=1S/C33H28Cl3FN2O6S/c1-33(18-21-2-12-28(36)29(37)16-21)19-23-17-22(3-13-30(23)45-33)32(41)39(14-15-44-26-8-4-24(34)5-9-26)20-31(40)38-46(42,43)27-10-6-25(35)7-11-27/h2-13,16-17H,14-15,18-20H2,1H3,(H,38,40). The Balaban J connectivity index is 1.32. The number of benzene rings is 4. The first-order chi connectivity index (χ1) is 21.8. The second-order valence-corrected chi connectivity index (χ2v) is 14.0. The van der Waals surface area contributed by atoms with Crippen LogP contribution in [0.25, 0.3) is 0 Å². The lowest BCUT2D eigenvalue weighted by Crippen LogP contribution is -2.44. The summed E-state index contributed by atoms with van der Waals surface area (Å²) in [6, 6.07) is 21.5. The Morgan fingerprint density at radius 2 is 1.63 bits per heavy atom. The van der Waals surface area contributed by atoms with E-state index in [1.54, 1.807) is 48.5 Å². The highest BCUT2D eigenvalue weighted by Crippen LogP contribution is 2.38. The van der Waals surface area contributed by atoms with Crippen molar-refractivity contribution in [2.75, 3.05) is 19.7 Å². The number of ether oxygens (including phenoxy) is 2. The molecular weight excluding hydrogens is 678 g/mol. The molecule has 1 heterocycles. The molecule has 5 rings (SSSR count). The number of rotatable bonds is 11. The van der Waals surface area contributed by atoms with Crippen LogP contribution in [0.2, 0.25) is 15.1 Å². The van der Waals surface area contributed by atoms with E-state index in [1.807, 2.05) is 11.6 Å². The van der Waals surface area contributed by atoms with Gasteiger partial charge in [0.2, 0.25) is 0 Å². The Labute approximate surface area is 281 Å².